The quantitative estimate of drug-likeness (QED) is 0.329. The van der Waals surface area contributed by atoms with Crippen LogP contribution in [0.5, 0.6) is 5.75 Å². The van der Waals surface area contributed by atoms with Crippen LogP contribution in [0.25, 0.3) is 0 Å². The minimum atomic E-state index is 0.191. The van der Waals surface area contributed by atoms with Gasteiger partial charge < -0.3 is 10.3 Å². The van der Waals surface area contributed by atoms with Crippen LogP contribution in [0.1, 0.15) is 56.6 Å². The van der Waals surface area contributed by atoms with E-state index in [1.165, 1.54) is 19.3 Å². The minimum Gasteiger partial charge on any atom is -0.507 e. The Morgan fingerprint density at radius 3 is 2.50 bits per heavy atom. The molecule has 3 nitrogen and oxygen atoms in total. The van der Waals surface area contributed by atoms with Crippen LogP contribution in [0.3, 0.4) is 0 Å². The number of phenols is 1. The van der Waals surface area contributed by atoms with E-state index in [2.05, 4.69) is 12.1 Å². The molecule has 0 aliphatic rings. The Bertz CT molecular complexity index is 399. The van der Waals surface area contributed by atoms with Gasteiger partial charge in [0.05, 0.1) is 5.71 Å². The van der Waals surface area contributed by atoms with E-state index in [0.29, 0.717) is 17.7 Å². The molecule has 0 saturated carbocycles. The van der Waals surface area contributed by atoms with Gasteiger partial charge in [0.2, 0.25) is 0 Å². The highest BCUT2D eigenvalue weighted by Gasteiger charge is 2.09. The number of nitrogens with zero attached hydrogens (tertiary/aromatic N) is 1. The van der Waals surface area contributed by atoms with E-state index in [-0.39, 0.29) is 5.75 Å². The molecule has 1 aromatic rings. The summed E-state index contributed by atoms with van der Waals surface area (Å²) in [5.41, 5.74) is 2.21. The van der Waals surface area contributed by atoms with Crippen LogP contribution in [-0.2, 0) is 0 Å². The molecule has 0 radical (unpaired) electrons. The Labute approximate surface area is 109 Å². The van der Waals surface area contributed by atoms with Crippen molar-refractivity contribution in [3.05, 3.63) is 29.3 Å². The van der Waals surface area contributed by atoms with Gasteiger partial charge in [0.15, 0.2) is 0 Å². The largest absolute Gasteiger partial charge is 0.507 e. The van der Waals surface area contributed by atoms with E-state index in [4.69, 9.17) is 5.21 Å². The normalized spacial score (nSPS) is 11.8. The molecular formula is C15H23NO2. The molecule has 2 N–H and O–H groups in total. The molecule has 0 aliphatic carbocycles. The molecule has 0 heterocycles. The van der Waals surface area contributed by atoms with Gasteiger partial charge in [0, 0.05) is 5.56 Å². The predicted octanol–water partition coefficient (Wildman–Crippen LogP) is 4.24. The van der Waals surface area contributed by atoms with Gasteiger partial charge in [-0.05, 0) is 37.5 Å². The fourth-order valence-electron chi connectivity index (χ4n) is 2.02. The molecule has 1 rings (SSSR count). The van der Waals surface area contributed by atoms with Crippen LogP contribution in [-0.4, -0.2) is 16.0 Å². The summed E-state index contributed by atoms with van der Waals surface area (Å²) in [6.45, 7) is 4.11. The van der Waals surface area contributed by atoms with E-state index < -0.39 is 0 Å². The average molecular weight is 249 g/mol. The van der Waals surface area contributed by atoms with E-state index >= 15 is 0 Å². The smallest absolute Gasteiger partial charge is 0.125 e. The molecule has 0 unspecified atom stereocenters. The van der Waals surface area contributed by atoms with E-state index in [1.54, 1.807) is 6.07 Å². The highest BCUT2D eigenvalue weighted by atomic mass is 16.4. The second-order valence-electron chi connectivity index (χ2n) is 4.73. The third kappa shape index (κ3) is 4.40. The van der Waals surface area contributed by atoms with Crippen LogP contribution in [0.4, 0.5) is 0 Å². The van der Waals surface area contributed by atoms with E-state index in [1.807, 2.05) is 19.1 Å². The molecule has 0 spiro atoms. The molecule has 0 bridgehead atoms. The molecule has 100 valence electrons. The lowest BCUT2D eigenvalue weighted by Gasteiger charge is -2.07. The van der Waals surface area contributed by atoms with Crippen LogP contribution in [0, 0.1) is 6.92 Å². The molecule has 18 heavy (non-hydrogen) atoms. The van der Waals surface area contributed by atoms with Crippen molar-refractivity contribution in [1.82, 2.24) is 0 Å². The van der Waals surface area contributed by atoms with Crippen molar-refractivity contribution in [2.45, 2.75) is 52.4 Å². The number of hydrogen-bond acceptors (Lipinski definition) is 3. The van der Waals surface area contributed by atoms with Gasteiger partial charge in [-0.1, -0.05) is 43.8 Å². The first kappa shape index (κ1) is 14.6. The number of phenolic OH excluding ortho intramolecular Hbond substituents is 1. The lowest BCUT2D eigenvalue weighted by Crippen LogP contribution is -2.02. The Morgan fingerprint density at radius 1 is 1.17 bits per heavy atom. The van der Waals surface area contributed by atoms with Crippen molar-refractivity contribution in [2.24, 2.45) is 5.16 Å². The van der Waals surface area contributed by atoms with Gasteiger partial charge in [0.1, 0.15) is 5.75 Å². The first-order valence-corrected chi connectivity index (χ1v) is 6.70. The van der Waals surface area contributed by atoms with Crippen molar-refractivity contribution in [3.8, 4) is 5.75 Å². The number of aromatic hydroxyl groups is 1. The summed E-state index contributed by atoms with van der Waals surface area (Å²) in [4.78, 5) is 0. The monoisotopic (exact) mass is 249 g/mol. The minimum absolute atomic E-state index is 0.191. The van der Waals surface area contributed by atoms with Crippen molar-refractivity contribution < 1.29 is 10.3 Å². The number of hydrogen-bond donors (Lipinski definition) is 2. The topological polar surface area (TPSA) is 52.8 Å². The lowest BCUT2D eigenvalue weighted by molar-refractivity contribution is 0.317. The molecule has 0 aromatic heterocycles. The number of benzene rings is 1. The zero-order valence-electron chi connectivity index (χ0n) is 11.3. The van der Waals surface area contributed by atoms with Crippen molar-refractivity contribution in [1.29, 1.82) is 0 Å². The first-order valence-electron chi connectivity index (χ1n) is 6.70. The second-order valence-corrected chi connectivity index (χ2v) is 4.73. The zero-order chi connectivity index (χ0) is 13.4. The van der Waals surface area contributed by atoms with E-state index in [9.17, 15) is 5.11 Å². The molecule has 0 saturated heterocycles. The fourth-order valence-corrected chi connectivity index (χ4v) is 2.02. The Kier molecular flexibility index (Phi) is 6.26. The summed E-state index contributed by atoms with van der Waals surface area (Å²) in [5.74, 6) is 0.191. The summed E-state index contributed by atoms with van der Waals surface area (Å²) in [5, 5.41) is 22.2. The Morgan fingerprint density at radius 2 is 1.89 bits per heavy atom. The molecule has 0 aliphatic heterocycles. The second kappa shape index (κ2) is 7.75. The number of aryl methyl sites for hydroxylation is 1. The van der Waals surface area contributed by atoms with E-state index in [0.717, 1.165) is 18.4 Å². The maximum Gasteiger partial charge on any atom is 0.125 e. The van der Waals surface area contributed by atoms with Gasteiger partial charge in [-0.25, -0.2) is 0 Å². The molecule has 0 amide bonds. The molecular weight excluding hydrogens is 226 g/mol. The maximum atomic E-state index is 9.84. The first-order chi connectivity index (χ1) is 8.69. The van der Waals surface area contributed by atoms with Gasteiger partial charge in [-0.15, -0.1) is 0 Å². The highest BCUT2D eigenvalue weighted by Crippen LogP contribution is 2.21. The van der Waals surface area contributed by atoms with Gasteiger partial charge in [0.25, 0.3) is 0 Å². The fraction of sp³-hybridized carbons (Fsp3) is 0.533. The third-order valence-corrected chi connectivity index (χ3v) is 3.10. The summed E-state index contributed by atoms with van der Waals surface area (Å²) >= 11 is 0. The van der Waals surface area contributed by atoms with Crippen LogP contribution < -0.4 is 0 Å². The van der Waals surface area contributed by atoms with Gasteiger partial charge in [-0.3, -0.25) is 0 Å². The summed E-state index contributed by atoms with van der Waals surface area (Å²) in [6, 6.07) is 5.42. The van der Waals surface area contributed by atoms with Gasteiger partial charge >= 0.3 is 0 Å². The third-order valence-electron chi connectivity index (χ3n) is 3.10. The SMILES string of the molecule is CCCCCCC/C(=N/O)c1ccc(C)cc1O. The van der Waals surface area contributed by atoms with Crippen LogP contribution in [0.15, 0.2) is 23.4 Å². The number of unbranched alkanes of at least 4 members (excludes halogenated alkanes) is 4. The standard InChI is InChI=1S/C15H23NO2/c1-3-4-5-6-7-8-14(16-18)13-10-9-12(2)11-15(13)17/h9-11,17-18H,3-8H2,1-2H3/b16-14-. The van der Waals surface area contributed by atoms with Crippen molar-refractivity contribution in [2.75, 3.05) is 0 Å². The average Bonchev–Trinajstić information content (AvgIpc) is 2.35. The maximum absolute atomic E-state index is 9.84. The van der Waals surface area contributed by atoms with Crippen LogP contribution in [0.2, 0.25) is 0 Å². The molecule has 0 fully saturated rings. The van der Waals surface area contributed by atoms with Crippen molar-refractivity contribution >= 4 is 5.71 Å². The zero-order valence-corrected chi connectivity index (χ0v) is 11.3. The molecule has 3 heteroatoms. The lowest BCUT2D eigenvalue weighted by atomic mass is 10.0. The number of rotatable bonds is 7. The summed E-state index contributed by atoms with van der Waals surface area (Å²) < 4.78 is 0. The molecule has 0 atom stereocenters. The molecule has 1 aromatic carbocycles. The van der Waals surface area contributed by atoms with Gasteiger partial charge in [-0.2, -0.15) is 0 Å². The summed E-state index contributed by atoms with van der Waals surface area (Å²) in [7, 11) is 0. The summed E-state index contributed by atoms with van der Waals surface area (Å²) in [6.07, 6.45) is 6.53. The highest BCUT2D eigenvalue weighted by molar-refractivity contribution is 6.02. The predicted molar refractivity (Wildman–Crippen MR) is 74.5 cm³/mol. The van der Waals surface area contributed by atoms with Crippen molar-refractivity contribution in [3.63, 3.8) is 0 Å². The Balaban J connectivity index is 2.56. The number of oxime groups is 1. The Hall–Kier alpha value is -1.51. The van der Waals surface area contributed by atoms with Crippen LogP contribution >= 0.6 is 0 Å².